The molecule has 1 amide bonds. The van der Waals surface area contributed by atoms with Gasteiger partial charge >= 0.3 is 0 Å². The quantitative estimate of drug-likeness (QED) is 0.755. The maximum Gasteiger partial charge on any atom is 0.223 e. The Morgan fingerprint density at radius 1 is 1.41 bits per heavy atom. The molecule has 4 heterocycles. The summed E-state index contributed by atoms with van der Waals surface area (Å²) in [6, 6.07) is 0.112. The number of thiazole rings is 1. The molecule has 2 aromatic heterocycles. The Morgan fingerprint density at radius 3 is 3.04 bits per heavy atom. The summed E-state index contributed by atoms with van der Waals surface area (Å²) >= 11 is 1.62. The molecule has 2 fully saturated rings. The van der Waals surface area contributed by atoms with Gasteiger partial charge in [0.05, 0.1) is 23.4 Å². The zero-order valence-electron chi connectivity index (χ0n) is 15.4. The molecule has 0 bridgehead atoms. The van der Waals surface area contributed by atoms with Crippen molar-refractivity contribution in [2.24, 2.45) is 0 Å². The molecule has 0 aliphatic carbocycles. The van der Waals surface area contributed by atoms with Crippen LogP contribution in [-0.2, 0) is 27.3 Å². The number of hydrogen-bond donors (Lipinski definition) is 0. The van der Waals surface area contributed by atoms with Gasteiger partial charge in [-0.1, -0.05) is 0 Å². The third-order valence-corrected chi connectivity index (χ3v) is 5.97. The molecule has 2 aliphatic heterocycles. The van der Waals surface area contributed by atoms with Crippen LogP contribution >= 0.6 is 11.3 Å². The molecule has 0 unspecified atom stereocenters. The molecule has 0 saturated carbocycles. The highest BCUT2D eigenvalue weighted by Gasteiger charge is 2.46. The van der Waals surface area contributed by atoms with E-state index in [2.05, 4.69) is 15.0 Å². The summed E-state index contributed by atoms with van der Waals surface area (Å²) in [5.74, 6) is 0.148. The van der Waals surface area contributed by atoms with Crippen molar-refractivity contribution in [3.8, 4) is 0 Å². The first-order chi connectivity index (χ1) is 13.2. The molecule has 0 radical (unpaired) electrons. The van der Waals surface area contributed by atoms with Crippen molar-refractivity contribution in [1.82, 2.24) is 19.9 Å². The van der Waals surface area contributed by atoms with Crippen molar-refractivity contribution in [1.29, 1.82) is 0 Å². The van der Waals surface area contributed by atoms with Gasteiger partial charge in [-0.25, -0.2) is 15.0 Å². The first-order valence-corrected chi connectivity index (χ1v) is 10.3. The molecule has 3 atom stereocenters. The molecule has 0 aromatic carbocycles. The van der Waals surface area contributed by atoms with E-state index in [4.69, 9.17) is 9.47 Å². The highest BCUT2D eigenvalue weighted by Crippen LogP contribution is 2.31. The van der Waals surface area contributed by atoms with Crippen LogP contribution in [0.15, 0.2) is 24.1 Å². The third kappa shape index (κ3) is 4.34. The fraction of sp³-hybridized carbons (Fsp3) is 0.579. The largest absolute Gasteiger partial charge is 0.373 e. The highest BCUT2D eigenvalue weighted by atomic mass is 32.1. The summed E-state index contributed by atoms with van der Waals surface area (Å²) in [6.07, 6.45) is 7.95. The summed E-state index contributed by atoms with van der Waals surface area (Å²) in [4.78, 5) is 27.3. The number of likely N-dealkylation sites (tertiary alicyclic amines) is 1. The SMILES string of the molecule is Cc1nc(CO[C@H]2CN(C(=O)CCc3cncnc3)[C@@H]3CCCO[C@H]23)cs1. The van der Waals surface area contributed by atoms with Gasteiger partial charge in [0.25, 0.3) is 0 Å². The van der Waals surface area contributed by atoms with E-state index in [1.807, 2.05) is 17.2 Å². The number of amides is 1. The summed E-state index contributed by atoms with van der Waals surface area (Å²) in [6.45, 7) is 3.77. The van der Waals surface area contributed by atoms with E-state index in [-0.39, 0.29) is 24.2 Å². The van der Waals surface area contributed by atoms with Gasteiger partial charge in [-0.05, 0) is 31.7 Å². The normalized spacial score (nSPS) is 24.8. The average Bonchev–Trinajstić information content (AvgIpc) is 3.29. The second kappa shape index (κ2) is 8.41. The molecular formula is C19H24N4O3S. The first-order valence-electron chi connectivity index (χ1n) is 9.38. The molecule has 0 spiro atoms. The lowest BCUT2D eigenvalue weighted by Gasteiger charge is -2.32. The van der Waals surface area contributed by atoms with E-state index >= 15 is 0 Å². The molecule has 7 nitrogen and oxygen atoms in total. The van der Waals surface area contributed by atoms with Crippen LogP contribution in [0.4, 0.5) is 0 Å². The fourth-order valence-corrected chi connectivity index (χ4v) is 4.46. The van der Waals surface area contributed by atoms with Gasteiger partial charge in [-0.15, -0.1) is 11.3 Å². The molecule has 2 aromatic rings. The average molecular weight is 388 g/mol. The molecule has 0 N–H and O–H groups in total. The van der Waals surface area contributed by atoms with Gasteiger partial charge in [-0.3, -0.25) is 4.79 Å². The Bertz CT molecular complexity index is 769. The number of ether oxygens (including phenoxy) is 2. The van der Waals surface area contributed by atoms with Crippen LogP contribution in [0.25, 0.3) is 0 Å². The van der Waals surface area contributed by atoms with Crippen molar-refractivity contribution < 1.29 is 14.3 Å². The predicted octanol–water partition coefficient (Wildman–Crippen LogP) is 2.15. The number of carbonyl (C=O) groups excluding carboxylic acids is 1. The zero-order valence-corrected chi connectivity index (χ0v) is 16.2. The third-order valence-electron chi connectivity index (χ3n) is 5.15. The molecule has 8 heteroatoms. The molecule has 27 heavy (non-hydrogen) atoms. The Balaban J connectivity index is 1.37. The second-order valence-corrected chi connectivity index (χ2v) is 8.11. The number of aryl methyl sites for hydroxylation is 2. The Labute approximate surface area is 162 Å². The van der Waals surface area contributed by atoms with Crippen LogP contribution in [0.3, 0.4) is 0 Å². The summed E-state index contributed by atoms with van der Waals surface area (Å²) in [5, 5.41) is 3.06. The number of rotatable bonds is 6. The van der Waals surface area contributed by atoms with Crippen molar-refractivity contribution in [3.05, 3.63) is 40.4 Å². The Kier molecular flexibility index (Phi) is 5.75. The lowest BCUT2D eigenvalue weighted by molar-refractivity contribution is -0.134. The fourth-order valence-electron chi connectivity index (χ4n) is 3.86. The van der Waals surface area contributed by atoms with E-state index in [1.54, 1.807) is 23.7 Å². The summed E-state index contributed by atoms with van der Waals surface area (Å²) in [7, 11) is 0. The Hall–Kier alpha value is -1.90. The maximum absolute atomic E-state index is 12.9. The zero-order chi connectivity index (χ0) is 18.6. The van der Waals surface area contributed by atoms with Crippen molar-refractivity contribution in [3.63, 3.8) is 0 Å². The monoisotopic (exact) mass is 388 g/mol. The molecular weight excluding hydrogens is 364 g/mol. The minimum Gasteiger partial charge on any atom is -0.373 e. The van der Waals surface area contributed by atoms with Gasteiger partial charge in [0.1, 0.15) is 18.5 Å². The van der Waals surface area contributed by atoms with Crippen LogP contribution in [0.5, 0.6) is 0 Å². The maximum atomic E-state index is 12.9. The van der Waals surface area contributed by atoms with E-state index in [9.17, 15) is 4.79 Å². The molecule has 144 valence electrons. The molecule has 2 aliphatic rings. The Morgan fingerprint density at radius 2 is 2.26 bits per heavy atom. The lowest BCUT2D eigenvalue weighted by Crippen LogP contribution is -2.43. The van der Waals surface area contributed by atoms with E-state index in [0.717, 1.165) is 35.7 Å². The van der Waals surface area contributed by atoms with E-state index < -0.39 is 0 Å². The van der Waals surface area contributed by atoms with E-state index in [1.165, 1.54) is 6.33 Å². The van der Waals surface area contributed by atoms with Crippen LogP contribution in [-0.4, -0.2) is 57.2 Å². The standard InChI is InChI=1S/C19H24N4O3S/c1-13-22-15(11-27-13)10-26-17-9-23(16-3-2-6-25-19(16)17)18(24)5-4-14-7-20-12-21-8-14/h7-8,11-12,16-17,19H,2-6,9-10H2,1H3/t16-,17+,19+/m1/s1. The van der Waals surface area contributed by atoms with Crippen LogP contribution < -0.4 is 0 Å². The van der Waals surface area contributed by atoms with Crippen molar-refractivity contribution in [2.45, 2.75) is 57.5 Å². The number of nitrogens with zero attached hydrogens (tertiary/aromatic N) is 4. The summed E-state index contributed by atoms with van der Waals surface area (Å²) in [5.41, 5.74) is 1.92. The van der Waals surface area contributed by atoms with Gasteiger partial charge in [-0.2, -0.15) is 0 Å². The van der Waals surface area contributed by atoms with Gasteiger partial charge in [0.15, 0.2) is 0 Å². The van der Waals surface area contributed by atoms with Crippen LogP contribution in [0, 0.1) is 6.92 Å². The number of aromatic nitrogens is 3. The first kappa shape index (κ1) is 18.5. The lowest BCUT2D eigenvalue weighted by atomic mass is 10.0. The molecule has 4 rings (SSSR count). The van der Waals surface area contributed by atoms with Gasteiger partial charge in [0.2, 0.25) is 5.91 Å². The number of carbonyl (C=O) groups is 1. The topological polar surface area (TPSA) is 77.4 Å². The number of hydrogen-bond acceptors (Lipinski definition) is 7. The van der Waals surface area contributed by atoms with Gasteiger partial charge in [0, 0.05) is 37.3 Å². The summed E-state index contributed by atoms with van der Waals surface area (Å²) < 4.78 is 12.1. The second-order valence-electron chi connectivity index (χ2n) is 7.05. The van der Waals surface area contributed by atoms with Gasteiger partial charge < -0.3 is 14.4 Å². The smallest absolute Gasteiger partial charge is 0.223 e. The van der Waals surface area contributed by atoms with E-state index in [0.29, 0.717) is 26.0 Å². The highest BCUT2D eigenvalue weighted by molar-refractivity contribution is 7.09. The van der Waals surface area contributed by atoms with Crippen molar-refractivity contribution in [2.75, 3.05) is 13.2 Å². The van der Waals surface area contributed by atoms with Crippen LogP contribution in [0.2, 0.25) is 0 Å². The van der Waals surface area contributed by atoms with Crippen LogP contribution in [0.1, 0.15) is 35.5 Å². The minimum absolute atomic E-state index is 0.0394. The molecule has 2 saturated heterocycles. The van der Waals surface area contributed by atoms with Crippen molar-refractivity contribution >= 4 is 17.2 Å². The number of fused-ring (bicyclic) bond motifs is 1. The predicted molar refractivity (Wildman–Crippen MR) is 100 cm³/mol. The minimum atomic E-state index is -0.0960.